The van der Waals surface area contributed by atoms with Crippen molar-refractivity contribution in [2.24, 2.45) is 0 Å². The zero-order chi connectivity index (χ0) is 16.9. The quantitative estimate of drug-likeness (QED) is 0.798. The van der Waals surface area contributed by atoms with Crippen LogP contribution in [0.1, 0.15) is 9.67 Å². The van der Waals surface area contributed by atoms with Crippen LogP contribution < -0.4 is 11.1 Å². The molecule has 1 fully saturated rings. The summed E-state index contributed by atoms with van der Waals surface area (Å²) in [6.07, 6.45) is 0. The molecule has 0 atom stereocenters. The first kappa shape index (κ1) is 17.1. The number of rotatable bonds is 5. The van der Waals surface area contributed by atoms with Crippen LogP contribution in [0.25, 0.3) is 0 Å². The largest absolute Gasteiger partial charge is 0.384 e. The summed E-state index contributed by atoms with van der Waals surface area (Å²) in [5, 5.41) is 2.85. The zero-order valence-corrected chi connectivity index (χ0v) is 14.9. The Kier molecular flexibility index (Phi) is 5.62. The van der Waals surface area contributed by atoms with E-state index >= 15 is 0 Å². The lowest BCUT2D eigenvalue weighted by atomic mass is 10.3. The summed E-state index contributed by atoms with van der Waals surface area (Å²) in [6, 6.07) is 9.31. The molecule has 0 saturated carbocycles. The third-order valence-electron chi connectivity index (χ3n) is 3.91. The van der Waals surface area contributed by atoms with Gasteiger partial charge in [0.1, 0.15) is 10.7 Å². The molecule has 1 aliphatic rings. The van der Waals surface area contributed by atoms with Crippen LogP contribution >= 0.6 is 23.6 Å². The Balaban J connectivity index is 1.69. The van der Waals surface area contributed by atoms with Gasteiger partial charge in [0.2, 0.25) is 0 Å². The van der Waals surface area contributed by atoms with Gasteiger partial charge in [-0.05, 0) is 24.4 Å². The second-order valence-electron chi connectivity index (χ2n) is 5.51. The standard InChI is InChI=1S/C16H20N4O2S2/c17-14-13(15(21)18-12-4-2-1-3-5-12)24-16(23)20(14)7-6-19-8-10-22-11-9-19/h1-5H,6-11,17H2,(H,18,21). The van der Waals surface area contributed by atoms with E-state index in [-0.39, 0.29) is 5.91 Å². The van der Waals surface area contributed by atoms with Crippen LogP contribution in [0.3, 0.4) is 0 Å². The fraction of sp³-hybridized carbons (Fsp3) is 0.375. The van der Waals surface area contributed by atoms with E-state index in [4.69, 9.17) is 22.7 Å². The van der Waals surface area contributed by atoms with Gasteiger partial charge in [0.05, 0.1) is 13.2 Å². The molecule has 3 rings (SSSR count). The minimum absolute atomic E-state index is 0.222. The number of hydrogen-bond donors (Lipinski definition) is 2. The number of carbonyl (C=O) groups is 1. The number of nitrogen functional groups attached to an aromatic ring is 1. The molecule has 0 unspecified atom stereocenters. The van der Waals surface area contributed by atoms with E-state index in [0.717, 1.165) is 38.5 Å². The van der Waals surface area contributed by atoms with Crippen LogP contribution in [0.5, 0.6) is 0 Å². The van der Waals surface area contributed by atoms with Crippen molar-refractivity contribution in [3.8, 4) is 0 Å². The first-order valence-electron chi connectivity index (χ1n) is 7.81. The summed E-state index contributed by atoms with van der Waals surface area (Å²) in [5.74, 6) is 0.214. The number of thiazole rings is 1. The lowest BCUT2D eigenvalue weighted by Gasteiger charge is -2.26. The van der Waals surface area contributed by atoms with Crippen LogP contribution in [0.2, 0.25) is 0 Å². The van der Waals surface area contributed by atoms with Crippen molar-refractivity contribution in [1.29, 1.82) is 0 Å². The summed E-state index contributed by atoms with van der Waals surface area (Å²) >= 11 is 6.64. The normalized spacial score (nSPS) is 15.3. The van der Waals surface area contributed by atoms with Crippen molar-refractivity contribution in [3.05, 3.63) is 39.2 Å². The van der Waals surface area contributed by atoms with Crippen LogP contribution in [-0.2, 0) is 11.3 Å². The number of anilines is 2. The summed E-state index contributed by atoms with van der Waals surface area (Å²) in [4.78, 5) is 15.2. The number of benzene rings is 1. The van der Waals surface area contributed by atoms with Crippen molar-refractivity contribution in [2.75, 3.05) is 43.9 Å². The topological polar surface area (TPSA) is 72.5 Å². The molecule has 0 spiro atoms. The van der Waals surface area contributed by atoms with Crippen molar-refractivity contribution in [3.63, 3.8) is 0 Å². The Morgan fingerprint density at radius 2 is 1.96 bits per heavy atom. The zero-order valence-electron chi connectivity index (χ0n) is 13.2. The highest BCUT2D eigenvalue weighted by Gasteiger charge is 2.18. The fourth-order valence-corrected chi connectivity index (χ4v) is 3.84. The molecule has 0 aliphatic carbocycles. The number of ether oxygens (including phenoxy) is 1. The number of nitrogens with one attached hydrogen (secondary N) is 1. The Bertz CT molecular complexity index is 751. The van der Waals surface area contributed by atoms with E-state index < -0.39 is 0 Å². The number of morpholine rings is 1. The first-order chi connectivity index (χ1) is 11.6. The van der Waals surface area contributed by atoms with Gasteiger partial charge in [0, 0.05) is 31.9 Å². The molecular formula is C16H20N4O2S2. The number of nitrogens with zero attached hydrogens (tertiary/aromatic N) is 2. The highest BCUT2D eigenvalue weighted by Crippen LogP contribution is 2.23. The average Bonchev–Trinajstić information content (AvgIpc) is 2.89. The van der Waals surface area contributed by atoms with Gasteiger partial charge in [-0.15, -0.1) is 0 Å². The molecule has 2 heterocycles. The Morgan fingerprint density at radius 1 is 1.25 bits per heavy atom. The highest BCUT2D eigenvalue weighted by molar-refractivity contribution is 7.73. The van der Waals surface area contributed by atoms with Gasteiger partial charge in [-0.2, -0.15) is 0 Å². The lowest BCUT2D eigenvalue weighted by molar-refractivity contribution is 0.0364. The van der Waals surface area contributed by atoms with Crippen LogP contribution in [0.15, 0.2) is 30.3 Å². The van der Waals surface area contributed by atoms with Crippen LogP contribution in [0, 0.1) is 3.95 Å². The molecule has 3 N–H and O–H groups in total. The fourth-order valence-electron chi connectivity index (χ4n) is 2.57. The minimum atomic E-state index is -0.222. The van der Waals surface area contributed by atoms with E-state index in [1.165, 1.54) is 11.3 Å². The predicted octanol–water partition coefficient (Wildman–Crippen LogP) is 2.45. The maximum absolute atomic E-state index is 12.4. The van der Waals surface area contributed by atoms with Crippen molar-refractivity contribution in [1.82, 2.24) is 9.47 Å². The van der Waals surface area contributed by atoms with Crippen molar-refractivity contribution < 1.29 is 9.53 Å². The number of carbonyl (C=O) groups excluding carboxylic acids is 1. The molecule has 6 nitrogen and oxygen atoms in total. The molecular weight excluding hydrogens is 344 g/mol. The molecule has 1 aliphatic heterocycles. The molecule has 1 saturated heterocycles. The third-order valence-corrected chi connectivity index (χ3v) is 5.38. The maximum atomic E-state index is 12.4. The Morgan fingerprint density at radius 3 is 2.67 bits per heavy atom. The highest BCUT2D eigenvalue weighted by atomic mass is 32.1. The Labute approximate surface area is 149 Å². The summed E-state index contributed by atoms with van der Waals surface area (Å²) < 4.78 is 7.81. The van der Waals surface area contributed by atoms with Gasteiger partial charge >= 0.3 is 0 Å². The monoisotopic (exact) mass is 364 g/mol. The maximum Gasteiger partial charge on any atom is 0.269 e. The van der Waals surface area contributed by atoms with Gasteiger partial charge in [-0.1, -0.05) is 29.5 Å². The van der Waals surface area contributed by atoms with Crippen LogP contribution in [-0.4, -0.2) is 48.2 Å². The summed E-state index contributed by atoms with van der Waals surface area (Å²) in [6.45, 7) is 4.88. The second-order valence-corrected chi connectivity index (χ2v) is 7.15. The van der Waals surface area contributed by atoms with E-state index in [1.54, 1.807) is 0 Å². The minimum Gasteiger partial charge on any atom is -0.384 e. The van der Waals surface area contributed by atoms with Crippen molar-refractivity contribution in [2.45, 2.75) is 6.54 Å². The molecule has 2 aromatic rings. The molecule has 0 radical (unpaired) electrons. The number of hydrogen-bond acceptors (Lipinski definition) is 6. The molecule has 1 amide bonds. The van der Waals surface area contributed by atoms with E-state index in [0.29, 0.717) is 21.2 Å². The van der Waals surface area contributed by atoms with Crippen molar-refractivity contribution >= 4 is 41.0 Å². The van der Waals surface area contributed by atoms with Gasteiger partial charge < -0.3 is 20.4 Å². The van der Waals surface area contributed by atoms with Gasteiger partial charge in [0.25, 0.3) is 5.91 Å². The number of aromatic nitrogens is 1. The second kappa shape index (κ2) is 7.89. The lowest BCUT2D eigenvalue weighted by Crippen LogP contribution is -2.38. The molecule has 1 aromatic carbocycles. The predicted molar refractivity (Wildman–Crippen MR) is 99.2 cm³/mol. The Hall–Kier alpha value is -1.74. The summed E-state index contributed by atoms with van der Waals surface area (Å²) in [7, 11) is 0. The molecule has 0 bridgehead atoms. The third kappa shape index (κ3) is 4.02. The molecule has 8 heteroatoms. The number of nitrogens with two attached hydrogens (primary N) is 1. The van der Waals surface area contributed by atoms with E-state index in [9.17, 15) is 4.79 Å². The molecule has 24 heavy (non-hydrogen) atoms. The van der Waals surface area contributed by atoms with Gasteiger partial charge in [-0.25, -0.2) is 0 Å². The van der Waals surface area contributed by atoms with Gasteiger partial charge in [-0.3, -0.25) is 9.69 Å². The van der Waals surface area contributed by atoms with Gasteiger partial charge in [0.15, 0.2) is 3.95 Å². The first-order valence-corrected chi connectivity index (χ1v) is 9.03. The van der Waals surface area contributed by atoms with E-state index in [1.807, 2.05) is 34.9 Å². The molecule has 1 aromatic heterocycles. The summed E-state index contributed by atoms with van der Waals surface area (Å²) in [5.41, 5.74) is 6.91. The molecule has 128 valence electrons. The number of para-hydroxylation sites is 1. The van der Waals surface area contributed by atoms with E-state index in [2.05, 4.69) is 10.2 Å². The average molecular weight is 364 g/mol. The SMILES string of the molecule is Nc1c(C(=O)Nc2ccccc2)sc(=S)n1CCN1CCOCC1. The van der Waals surface area contributed by atoms with Crippen LogP contribution in [0.4, 0.5) is 11.5 Å². The smallest absolute Gasteiger partial charge is 0.269 e. The number of amides is 1.